The molecule has 5 heteroatoms. The summed E-state index contributed by atoms with van der Waals surface area (Å²) in [7, 11) is 6.11. The molecule has 0 spiro atoms. The van der Waals surface area contributed by atoms with Crippen LogP contribution in [0.1, 0.15) is 31.6 Å². The van der Waals surface area contributed by atoms with Crippen molar-refractivity contribution in [2.24, 2.45) is 0 Å². The second-order valence-electron chi connectivity index (χ2n) is 6.38. The number of fused-ring (bicyclic) bond motifs is 1. The minimum absolute atomic E-state index is 0.284. The Bertz CT molecular complexity index is 631. The van der Waals surface area contributed by atoms with Crippen LogP contribution in [0.25, 0.3) is 11.0 Å². The van der Waals surface area contributed by atoms with Crippen LogP contribution in [-0.2, 0) is 0 Å². The number of aromatic nitrogens is 2. The van der Waals surface area contributed by atoms with Crippen LogP contribution in [0.5, 0.6) is 5.75 Å². The standard InChI is InChI=1S/C17H26N4O/c1-12(21(3)13-7-9-20(2)10-8-13)17-18-15-6-5-14(22-4)11-16(15)19-17/h5-6,11-13H,7-10H2,1-4H3,(H,18,19). The van der Waals surface area contributed by atoms with E-state index < -0.39 is 0 Å². The molecule has 1 atom stereocenters. The second kappa shape index (κ2) is 6.26. The van der Waals surface area contributed by atoms with Crippen LogP contribution >= 0.6 is 0 Å². The van der Waals surface area contributed by atoms with Crippen molar-refractivity contribution in [2.45, 2.75) is 31.8 Å². The summed E-state index contributed by atoms with van der Waals surface area (Å²) < 4.78 is 5.28. The Kier molecular flexibility index (Phi) is 4.36. The van der Waals surface area contributed by atoms with Gasteiger partial charge in [0.25, 0.3) is 0 Å². The molecule has 1 fully saturated rings. The number of benzene rings is 1. The van der Waals surface area contributed by atoms with Crippen LogP contribution < -0.4 is 4.74 Å². The van der Waals surface area contributed by atoms with Crippen molar-refractivity contribution in [2.75, 3.05) is 34.3 Å². The Labute approximate surface area is 132 Å². The van der Waals surface area contributed by atoms with Gasteiger partial charge in [-0.05, 0) is 59.1 Å². The van der Waals surface area contributed by atoms with Crippen molar-refractivity contribution in [3.8, 4) is 5.75 Å². The zero-order valence-electron chi connectivity index (χ0n) is 14.0. The number of ether oxygens (including phenoxy) is 1. The molecule has 3 rings (SSSR count). The number of H-pyrrole nitrogens is 1. The van der Waals surface area contributed by atoms with Gasteiger partial charge in [-0.2, -0.15) is 0 Å². The SMILES string of the molecule is COc1ccc2nc(C(C)N(C)C3CCN(C)CC3)[nH]c2c1. The molecule has 1 aliphatic heterocycles. The zero-order chi connectivity index (χ0) is 15.7. The second-order valence-corrected chi connectivity index (χ2v) is 6.38. The van der Waals surface area contributed by atoms with E-state index in [2.05, 4.69) is 35.8 Å². The fraction of sp³-hybridized carbons (Fsp3) is 0.588. The Hall–Kier alpha value is -1.59. The van der Waals surface area contributed by atoms with Gasteiger partial charge in [-0.15, -0.1) is 0 Å². The summed E-state index contributed by atoms with van der Waals surface area (Å²) in [5.74, 6) is 1.89. The van der Waals surface area contributed by atoms with Crippen LogP contribution in [0.3, 0.4) is 0 Å². The molecule has 1 aliphatic rings. The van der Waals surface area contributed by atoms with E-state index in [9.17, 15) is 0 Å². The van der Waals surface area contributed by atoms with Crippen molar-refractivity contribution in [1.29, 1.82) is 0 Å². The van der Waals surface area contributed by atoms with Gasteiger partial charge < -0.3 is 14.6 Å². The molecule has 5 nitrogen and oxygen atoms in total. The van der Waals surface area contributed by atoms with Gasteiger partial charge in [0.05, 0.1) is 24.2 Å². The lowest BCUT2D eigenvalue weighted by Crippen LogP contribution is -2.43. The Morgan fingerprint density at radius 1 is 1.36 bits per heavy atom. The average molecular weight is 302 g/mol. The first-order chi connectivity index (χ1) is 10.6. The number of piperidine rings is 1. The van der Waals surface area contributed by atoms with E-state index in [4.69, 9.17) is 9.72 Å². The molecular weight excluding hydrogens is 276 g/mol. The first kappa shape index (κ1) is 15.3. The maximum atomic E-state index is 5.28. The highest BCUT2D eigenvalue weighted by atomic mass is 16.5. The van der Waals surface area contributed by atoms with E-state index in [-0.39, 0.29) is 6.04 Å². The minimum atomic E-state index is 0.284. The number of methoxy groups -OCH3 is 1. The van der Waals surface area contributed by atoms with Crippen LogP contribution in [0.15, 0.2) is 18.2 Å². The van der Waals surface area contributed by atoms with E-state index >= 15 is 0 Å². The molecule has 1 saturated heterocycles. The van der Waals surface area contributed by atoms with E-state index in [0.717, 1.165) is 22.6 Å². The summed E-state index contributed by atoms with van der Waals surface area (Å²) >= 11 is 0. The summed E-state index contributed by atoms with van der Waals surface area (Å²) in [6, 6.07) is 6.89. The van der Waals surface area contributed by atoms with Gasteiger partial charge in [0.15, 0.2) is 0 Å². The van der Waals surface area contributed by atoms with Gasteiger partial charge in [0.2, 0.25) is 0 Å². The van der Waals surface area contributed by atoms with Crippen LogP contribution in [-0.4, -0.2) is 60.1 Å². The first-order valence-corrected chi connectivity index (χ1v) is 8.02. The quantitative estimate of drug-likeness (QED) is 0.943. The Morgan fingerprint density at radius 3 is 2.77 bits per heavy atom. The molecule has 1 N–H and O–H groups in total. The predicted molar refractivity (Wildman–Crippen MR) is 89.3 cm³/mol. The molecule has 1 aromatic heterocycles. The number of hydrogen-bond acceptors (Lipinski definition) is 4. The first-order valence-electron chi connectivity index (χ1n) is 8.02. The molecule has 1 unspecified atom stereocenters. The lowest BCUT2D eigenvalue weighted by atomic mass is 10.0. The lowest BCUT2D eigenvalue weighted by molar-refractivity contribution is 0.111. The van der Waals surface area contributed by atoms with Gasteiger partial charge in [-0.3, -0.25) is 4.90 Å². The third kappa shape index (κ3) is 2.96. The van der Waals surface area contributed by atoms with Gasteiger partial charge >= 0.3 is 0 Å². The molecule has 0 radical (unpaired) electrons. The van der Waals surface area contributed by atoms with Crippen LogP contribution in [0.4, 0.5) is 0 Å². The van der Waals surface area contributed by atoms with Crippen molar-refractivity contribution in [1.82, 2.24) is 19.8 Å². The Balaban J connectivity index is 1.77. The number of nitrogens with zero attached hydrogens (tertiary/aromatic N) is 3. The highest BCUT2D eigenvalue weighted by Crippen LogP contribution is 2.26. The molecule has 0 bridgehead atoms. The summed E-state index contributed by atoms with van der Waals surface area (Å²) in [6.45, 7) is 4.59. The van der Waals surface area contributed by atoms with Crippen molar-refractivity contribution >= 4 is 11.0 Å². The van der Waals surface area contributed by atoms with Crippen LogP contribution in [0.2, 0.25) is 0 Å². The van der Waals surface area contributed by atoms with Crippen LogP contribution in [0, 0.1) is 0 Å². The number of rotatable bonds is 4. The molecule has 0 aliphatic carbocycles. The largest absolute Gasteiger partial charge is 0.497 e. The normalized spacial score (nSPS) is 19.0. The fourth-order valence-electron chi connectivity index (χ4n) is 3.24. The van der Waals surface area contributed by atoms with Crippen molar-refractivity contribution in [3.05, 3.63) is 24.0 Å². The number of aromatic amines is 1. The summed E-state index contributed by atoms with van der Waals surface area (Å²) in [5.41, 5.74) is 2.04. The van der Waals surface area contributed by atoms with Crippen molar-refractivity contribution < 1.29 is 4.74 Å². The minimum Gasteiger partial charge on any atom is -0.497 e. The number of imidazole rings is 1. The maximum Gasteiger partial charge on any atom is 0.124 e. The van der Waals surface area contributed by atoms with Gasteiger partial charge in [0, 0.05) is 12.1 Å². The summed E-state index contributed by atoms with van der Waals surface area (Å²) in [6.07, 6.45) is 2.46. The molecular formula is C17H26N4O. The predicted octanol–water partition coefficient (Wildman–Crippen LogP) is 2.66. The van der Waals surface area contributed by atoms with Gasteiger partial charge in [-0.25, -0.2) is 4.98 Å². The highest BCUT2D eigenvalue weighted by molar-refractivity contribution is 5.76. The summed E-state index contributed by atoms with van der Waals surface area (Å²) in [5, 5.41) is 0. The maximum absolute atomic E-state index is 5.28. The van der Waals surface area contributed by atoms with Gasteiger partial charge in [0.1, 0.15) is 11.6 Å². The Morgan fingerprint density at radius 2 is 2.09 bits per heavy atom. The van der Waals surface area contributed by atoms with E-state index in [1.807, 2.05) is 18.2 Å². The highest BCUT2D eigenvalue weighted by Gasteiger charge is 2.26. The third-order valence-electron chi connectivity index (χ3n) is 4.98. The molecule has 2 heterocycles. The zero-order valence-corrected chi connectivity index (χ0v) is 14.0. The monoisotopic (exact) mass is 302 g/mol. The van der Waals surface area contributed by atoms with E-state index in [1.165, 1.54) is 25.9 Å². The van der Waals surface area contributed by atoms with Gasteiger partial charge in [-0.1, -0.05) is 0 Å². The summed E-state index contributed by atoms with van der Waals surface area (Å²) in [4.78, 5) is 13.1. The van der Waals surface area contributed by atoms with E-state index in [1.54, 1.807) is 7.11 Å². The molecule has 0 saturated carbocycles. The van der Waals surface area contributed by atoms with E-state index in [0.29, 0.717) is 6.04 Å². The molecule has 1 aromatic carbocycles. The average Bonchev–Trinajstić information content (AvgIpc) is 2.97. The fourth-order valence-corrected chi connectivity index (χ4v) is 3.24. The van der Waals surface area contributed by atoms with Crippen molar-refractivity contribution in [3.63, 3.8) is 0 Å². The number of nitrogens with one attached hydrogen (secondary N) is 1. The lowest BCUT2D eigenvalue weighted by Gasteiger charge is -2.37. The number of likely N-dealkylation sites (tertiary alicyclic amines) is 1. The molecule has 2 aromatic rings. The molecule has 120 valence electrons. The smallest absolute Gasteiger partial charge is 0.124 e. The molecule has 0 amide bonds. The third-order valence-corrected chi connectivity index (χ3v) is 4.98. The number of hydrogen-bond donors (Lipinski definition) is 1. The molecule has 22 heavy (non-hydrogen) atoms. The topological polar surface area (TPSA) is 44.4 Å².